The molecule has 144 valence electrons. The smallest absolute Gasteiger partial charge is 0.258 e. The van der Waals surface area contributed by atoms with Crippen LogP contribution in [0.4, 0.5) is 0 Å². The molecular weight excluding hydrogens is 376 g/mol. The Morgan fingerprint density at radius 2 is 1.71 bits per heavy atom. The van der Waals surface area contributed by atoms with Gasteiger partial charge >= 0.3 is 0 Å². The van der Waals surface area contributed by atoms with E-state index in [9.17, 15) is 4.79 Å². The minimum Gasteiger partial charge on any atom is -0.493 e. The Morgan fingerprint density at radius 3 is 2.36 bits per heavy atom. The second-order valence-corrected chi connectivity index (χ2v) is 7.25. The summed E-state index contributed by atoms with van der Waals surface area (Å²) < 4.78 is 13.1. The van der Waals surface area contributed by atoms with Crippen molar-refractivity contribution in [2.45, 2.75) is 6.61 Å². The maximum absolute atomic E-state index is 12.5. The van der Waals surface area contributed by atoms with E-state index in [0.29, 0.717) is 29.9 Å². The van der Waals surface area contributed by atoms with Crippen molar-refractivity contribution in [1.29, 1.82) is 0 Å². The molecule has 1 N–H and O–H groups in total. The maximum atomic E-state index is 12.5. The van der Waals surface area contributed by atoms with Gasteiger partial charge in [-0.15, -0.1) is 0 Å². The van der Waals surface area contributed by atoms with Crippen molar-refractivity contribution < 1.29 is 9.47 Å². The zero-order valence-corrected chi connectivity index (χ0v) is 16.1. The van der Waals surface area contributed by atoms with Crippen molar-refractivity contribution >= 4 is 11.6 Å². The fourth-order valence-electron chi connectivity index (χ4n) is 2.89. The van der Waals surface area contributed by atoms with Crippen molar-refractivity contribution in [1.82, 2.24) is 9.88 Å². The van der Waals surface area contributed by atoms with Crippen LogP contribution in [0.3, 0.4) is 0 Å². The molecule has 2 aromatic carbocycles. The van der Waals surface area contributed by atoms with Crippen LogP contribution in [0.1, 0.15) is 5.56 Å². The van der Waals surface area contributed by atoms with E-state index >= 15 is 0 Å². The summed E-state index contributed by atoms with van der Waals surface area (Å²) in [6, 6.07) is 18.2. The number of nitrogens with zero attached hydrogens (tertiary/aromatic N) is 1. The summed E-state index contributed by atoms with van der Waals surface area (Å²) in [5, 5.41) is 3.91. The summed E-state index contributed by atoms with van der Waals surface area (Å²) in [4.78, 5) is 12.5. The molecule has 5 nitrogen and oxygen atoms in total. The first-order chi connectivity index (χ1) is 13.7. The SMILES string of the molecule is O=c1cc(OCc2ccc(Cl)cc2)ccn1-c1ccc(OCC2CNC2)cc1. The lowest BCUT2D eigenvalue weighted by Gasteiger charge is -2.26. The first-order valence-electron chi connectivity index (χ1n) is 9.21. The second kappa shape index (κ2) is 8.50. The number of nitrogens with one attached hydrogen (secondary N) is 1. The highest BCUT2D eigenvalue weighted by molar-refractivity contribution is 6.30. The van der Waals surface area contributed by atoms with E-state index in [0.717, 1.165) is 30.1 Å². The summed E-state index contributed by atoms with van der Waals surface area (Å²) in [5.41, 5.74) is 1.62. The second-order valence-electron chi connectivity index (χ2n) is 6.82. The van der Waals surface area contributed by atoms with Gasteiger partial charge in [-0.1, -0.05) is 23.7 Å². The zero-order chi connectivity index (χ0) is 19.3. The number of ether oxygens (including phenoxy) is 2. The number of benzene rings is 2. The first kappa shape index (κ1) is 18.6. The van der Waals surface area contributed by atoms with Gasteiger partial charge in [0, 0.05) is 42.0 Å². The van der Waals surface area contributed by atoms with Crippen LogP contribution in [-0.2, 0) is 6.61 Å². The molecule has 1 saturated heterocycles. The molecule has 0 saturated carbocycles. The lowest BCUT2D eigenvalue weighted by molar-refractivity contribution is 0.199. The van der Waals surface area contributed by atoms with Crippen LogP contribution in [0.25, 0.3) is 5.69 Å². The third-order valence-electron chi connectivity index (χ3n) is 4.68. The van der Waals surface area contributed by atoms with E-state index in [2.05, 4.69) is 5.32 Å². The highest BCUT2D eigenvalue weighted by Crippen LogP contribution is 2.18. The van der Waals surface area contributed by atoms with Gasteiger partial charge in [-0.05, 0) is 48.0 Å². The first-order valence-corrected chi connectivity index (χ1v) is 9.59. The molecule has 0 bridgehead atoms. The molecule has 6 heteroatoms. The largest absolute Gasteiger partial charge is 0.493 e. The van der Waals surface area contributed by atoms with Crippen molar-refractivity contribution in [2.24, 2.45) is 5.92 Å². The number of hydrogen-bond donors (Lipinski definition) is 1. The van der Waals surface area contributed by atoms with E-state index in [1.807, 2.05) is 48.5 Å². The number of hydrogen-bond acceptors (Lipinski definition) is 4. The molecule has 4 rings (SSSR count). The molecule has 1 fully saturated rings. The van der Waals surface area contributed by atoms with Gasteiger partial charge < -0.3 is 14.8 Å². The third-order valence-corrected chi connectivity index (χ3v) is 4.93. The molecule has 28 heavy (non-hydrogen) atoms. The van der Waals surface area contributed by atoms with Gasteiger partial charge in [0.25, 0.3) is 5.56 Å². The average molecular weight is 397 g/mol. The molecule has 0 atom stereocenters. The predicted molar refractivity (Wildman–Crippen MR) is 110 cm³/mol. The average Bonchev–Trinajstić information content (AvgIpc) is 2.67. The third kappa shape index (κ3) is 4.55. The van der Waals surface area contributed by atoms with Crippen molar-refractivity contribution in [2.75, 3.05) is 19.7 Å². The number of pyridine rings is 1. The molecule has 1 aliphatic heterocycles. The molecule has 0 amide bonds. The minimum atomic E-state index is -0.150. The van der Waals surface area contributed by atoms with E-state index in [1.54, 1.807) is 16.8 Å². The van der Waals surface area contributed by atoms with Crippen LogP contribution >= 0.6 is 11.6 Å². The zero-order valence-electron chi connectivity index (χ0n) is 15.3. The number of aromatic nitrogens is 1. The lowest BCUT2D eigenvalue weighted by atomic mass is 10.1. The molecule has 3 aromatic rings. The van der Waals surface area contributed by atoms with Crippen LogP contribution in [0.2, 0.25) is 5.02 Å². The number of halogens is 1. The van der Waals surface area contributed by atoms with Crippen LogP contribution in [-0.4, -0.2) is 24.3 Å². The minimum absolute atomic E-state index is 0.150. The highest BCUT2D eigenvalue weighted by atomic mass is 35.5. The fourth-order valence-corrected chi connectivity index (χ4v) is 3.02. The molecular formula is C22H21ClN2O3. The Hall–Kier alpha value is -2.76. The van der Waals surface area contributed by atoms with Gasteiger partial charge in [0.05, 0.1) is 6.61 Å². The molecule has 0 spiro atoms. The highest BCUT2D eigenvalue weighted by Gasteiger charge is 2.17. The van der Waals surface area contributed by atoms with E-state index in [4.69, 9.17) is 21.1 Å². The Morgan fingerprint density at radius 1 is 0.964 bits per heavy atom. The van der Waals surface area contributed by atoms with Crippen LogP contribution in [0.5, 0.6) is 11.5 Å². The Balaban J connectivity index is 1.39. The van der Waals surface area contributed by atoms with Crippen molar-refractivity contribution in [3.05, 3.63) is 87.8 Å². The molecule has 0 aliphatic carbocycles. The van der Waals surface area contributed by atoms with Gasteiger partial charge in [-0.2, -0.15) is 0 Å². The number of rotatable bonds is 7. The van der Waals surface area contributed by atoms with Crippen molar-refractivity contribution in [3.8, 4) is 17.2 Å². The van der Waals surface area contributed by atoms with Gasteiger partial charge in [-0.25, -0.2) is 0 Å². The summed E-state index contributed by atoms with van der Waals surface area (Å²) >= 11 is 5.88. The van der Waals surface area contributed by atoms with E-state index < -0.39 is 0 Å². The predicted octanol–water partition coefficient (Wildman–Crippen LogP) is 3.67. The van der Waals surface area contributed by atoms with Gasteiger partial charge in [0.15, 0.2) is 0 Å². The van der Waals surface area contributed by atoms with Crippen molar-refractivity contribution in [3.63, 3.8) is 0 Å². The summed E-state index contributed by atoms with van der Waals surface area (Å²) in [5.74, 6) is 1.93. The van der Waals surface area contributed by atoms with Gasteiger partial charge in [0.2, 0.25) is 0 Å². The summed E-state index contributed by atoms with van der Waals surface area (Å²) in [7, 11) is 0. The monoisotopic (exact) mass is 396 g/mol. The van der Waals surface area contributed by atoms with Gasteiger partial charge in [-0.3, -0.25) is 9.36 Å². The molecule has 1 aliphatic rings. The van der Waals surface area contributed by atoms with E-state index in [-0.39, 0.29) is 5.56 Å². The Bertz CT molecular complexity index is 980. The Labute approximate surface area is 168 Å². The quantitative estimate of drug-likeness (QED) is 0.662. The lowest BCUT2D eigenvalue weighted by Crippen LogP contribution is -2.45. The van der Waals surface area contributed by atoms with Crippen LogP contribution in [0.15, 0.2) is 71.7 Å². The standard InChI is InChI=1S/C22H21ClN2O3/c23-18-3-1-16(2-4-18)14-28-21-9-10-25(22(26)11-21)19-5-7-20(8-6-19)27-15-17-12-24-13-17/h1-11,17,24H,12-15H2. The molecule has 0 radical (unpaired) electrons. The van der Waals surface area contributed by atoms with Crippen LogP contribution < -0.4 is 20.3 Å². The summed E-state index contributed by atoms with van der Waals surface area (Å²) in [6.07, 6.45) is 1.72. The fraction of sp³-hybridized carbons (Fsp3) is 0.227. The maximum Gasteiger partial charge on any atom is 0.258 e. The normalized spacial score (nSPS) is 13.8. The topological polar surface area (TPSA) is 52.5 Å². The van der Waals surface area contributed by atoms with E-state index in [1.165, 1.54) is 6.07 Å². The Kier molecular flexibility index (Phi) is 5.65. The summed E-state index contributed by atoms with van der Waals surface area (Å²) in [6.45, 7) is 3.12. The molecule has 0 unspecified atom stereocenters. The molecule has 2 heterocycles. The van der Waals surface area contributed by atoms with Crippen LogP contribution in [0, 0.1) is 5.92 Å². The van der Waals surface area contributed by atoms with Gasteiger partial charge in [0.1, 0.15) is 18.1 Å². The molecule has 1 aromatic heterocycles.